The number of unbranched alkanes of at least 4 members (excludes halogenated alkanes) is 3. The Kier molecular flexibility index (Phi) is 11.4. The molecule has 1 amide bonds. The topological polar surface area (TPSA) is 47.9 Å². The summed E-state index contributed by atoms with van der Waals surface area (Å²) < 4.78 is 0. The number of allylic oxidation sites excluding steroid dienone is 1. The van der Waals surface area contributed by atoms with Crippen LogP contribution in [-0.4, -0.2) is 62.4 Å². The Hall–Kier alpha value is -1.52. The van der Waals surface area contributed by atoms with E-state index in [-0.39, 0.29) is 5.91 Å². The number of hydrogen-bond donors (Lipinski definition) is 1. The number of aliphatic imine (C=N–C) groups is 1. The van der Waals surface area contributed by atoms with Gasteiger partial charge in [0, 0.05) is 40.7 Å². The van der Waals surface area contributed by atoms with Crippen LogP contribution in [0.2, 0.25) is 0 Å². The first-order chi connectivity index (χ1) is 10.0. The molecule has 5 nitrogen and oxygen atoms in total. The zero-order valence-corrected chi connectivity index (χ0v) is 14.2. The van der Waals surface area contributed by atoms with Gasteiger partial charge in [-0.3, -0.25) is 9.79 Å². The number of amides is 1. The lowest BCUT2D eigenvalue weighted by Gasteiger charge is -2.22. The second-order valence-corrected chi connectivity index (χ2v) is 5.33. The maximum Gasteiger partial charge on any atom is 0.223 e. The third-order valence-corrected chi connectivity index (χ3v) is 3.18. The molecule has 122 valence electrons. The van der Waals surface area contributed by atoms with Gasteiger partial charge < -0.3 is 15.1 Å². The molecule has 0 atom stereocenters. The normalized spacial score (nSPS) is 11.1. The van der Waals surface area contributed by atoms with E-state index in [2.05, 4.69) is 28.7 Å². The van der Waals surface area contributed by atoms with Crippen LogP contribution in [0.3, 0.4) is 0 Å². The molecule has 0 aromatic carbocycles. The van der Waals surface area contributed by atoms with Gasteiger partial charge in [0.2, 0.25) is 5.91 Å². The first-order valence-electron chi connectivity index (χ1n) is 7.83. The quantitative estimate of drug-likeness (QED) is 0.291. The average Bonchev–Trinajstić information content (AvgIpc) is 2.45. The minimum Gasteiger partial charge on any atom is -0.357 e. The van der Waals surface area contributed by atoms with Crippen LogP contribution in [0.5, 0.6) is 0 Å². The van der Waals surface area contributed by atoms with Crippen molar-refractivity contribution in [2.75, 3.05) is 40.8 Å². The van der Waals surface area contributed by atoms with Crippen molar-refractivity contribution >= 4 is 11.9 Å². The van der Waals surface area contributed by atoms with Gasteiger partial charge in [-0.05, 0) is 26.2 Å². The third-order valence-electron chi connectivity index (χ3n) is 3.18. The zero-order valence-electron chi connectivity index (χ0n) is 14.2. The zero-order chi connectivity index (χ0) is 16.1. The Morgan fingerprint density at radius 1 is 1.24 bits per heavy atom. The molecule has 0 saturated carbocycles. The van der Waals surface area contributed by atoms with Gasteiger partial charge in [-0.2, -0.15) is 0 Å². The lowest BCUT2D eigenvalue weighted by atomic mass is 10.2. The number of carbonyl (C=O) groups is 1. The standard InChI is InChI=1S/C16H32N4O/c1-6-8-9-10-11-14-20(5)16(17-7-2)18-13-12-15(21)19(3)4/h6H,1,7-14H2,2-5H3,(H,17,18). The summed E-state index contributed by atoms with van der Waals surface area (Å²) in [4.78, 5) is 19.8. The summed E-state index contributed by atoms with van der Waals surface area (Å²) in [5, 5.41) is 3.27. The fourth-order valence-electron chi connectivity index (χ4n) is 1.87. The number of rotatable bonds is 10. The Morgan fingerprint density at radius 2 is 1.95 bits per heavy atom. The van der Waals surface area contributed by atoms with Gasteiger partial charge in [-0.1, -0.05) is 12.5 Å². The SMILES string of the molecule is C=CCCCCCN(C)C(=NCCC(=O)N(C)C)NCC. The van der Waals surface area contributed by atoms with Crippen LogP contribution < -0.4 is 5.32 Å². The van der Waals surface area contributed by atoms with Crippen LogP contribution in [0.25, 0.3) is 0 Å². The van der Waals surface area contributed by atoms with Crippen LogP contribution in [0.4, 0.5) is 0 Å². The molecule has 0 rings (SSSR count). The van der Waals surface area contributed by atoms with Crippen molar-refractivity contribution < 1.29 is 4.79 Å². The van der Waals surface area contributed by atoms with Crippen molar-refractivity contribution in [2.45, 2.75) is 39.0 Å². The molecule has 5 heteroatoms. The van der Waals surface area contributed by atoms with Gasteiger partial charge >= 0.3 is 0 Å². The van der Waals surface area contributed by atoms with E-state index in [1.165, 1.54) is 12.8 Å². The van der Waals surface area contributed by atoms with E-state index in [1.54, 1.807) is 19.0 Å². The lowest BCUT2D eigenvalue weighted by molar-refractivity contribution is -0.128. The molecule has 0 aromatic rings. The molecule has 21 heavy (non-hydrogen) atoms. The van der Waals surface area contributed by atoms with Crippen LogP contribution in [0, 0.1) is 0 Å². The minimum atomic E-state index is 0.113. The van der Waals surface area contributed by atoms with Gasteiger partial charge in [0.25, 0.3) is 0 Å². The number of nitrogens with one attached hydrogen (secondary N) is 1. The monoisotopic (exact) mass is 296 g/mol. The number of carbonyl (C=O) groups excluding carboxylic acids is 1. The maximum atomic E-state index is 11.5. The fraction of sp³-hybridized carbons (Fsp3) is 0.750. The van der Waals surface area contributed by atoms with Gasteiger partial charge in [0.15, 0.2) is 5.96 Å². The Morgan fingerprint density at radius 3 is 2.52 bits per heavy atom. The van der Waals surface area contributed by atoms with E-state index < -0.39 is 0 Å². The maximum absolute atomic E-state index is 11.5. The van der Waals surface area contributed by atoms with E-state index >= 15 is 0 Å². The second-order valence-electron chi connectivity index (χ2n) is 5.33. The highest BCUT2D eigenvalue weighted by molar-refractivity contribution is 5.80. The van der Waals surface area contributed by atoms with E-state index in [4.69, 9.17) is 0 Å². The van der Waals surface area contributed by atoms with Crippen LogP contribution >= 0.6 is 0 Å². The van der Waals surface area contributed by atoms with Crippen LogP contribution in [0.1, 0.15) is 39.0 Å². The third kappa shape index (κ3) is 9.93. The molecule has 0 aliphatic carbocycles. The largest absolute Gasteiger partial charge is 0.357 e. The summed E-state index contributed by atoms with van der Waals surface area (Å²) in [7, 11) is 5.59. The Balaban J connectivity index is 4.18. The number of guanidine groups is 1. The van der Waals surface area contributed by atoms with Gasteiger partial charge in [-0.15, -0.1) is 6.58 Å². The smallest absolute Gasteiger partial charge is 0.223 e. The van der Waals surface area contributed by atoms with E-state index in [0.29, 0.717) is 13.0 Å². The summed E-state index contributed by atoms with van der Waals surface area (Å²) in [5.41, 5.74) is 0. The molecule has 0 fully saturated rings. The van der Waals surface area contributed by atoms with E-state index in [1.807, 2.05) is 13.1 Å². The predicted molar refractivity (Wildman–Crippen MR) is 90.6 cm³/mol. The summed E-state index contributed by atoms with van der Waals surface area (Å²) in [6.45, 7) is 8.13. The highest BCUT2D eigenvalue weighted by atomic mass is 16.2. The summed E-state index contributed by atoms with van der Waals surface area (Å²) >= 11 is 0. The highest BCUT2D eigenvalue weighted by Crippen LogP contribution is 2.02. The number of hydrogen-bond acceptors (Lipinski definition) is 2. The van der Waals surface area contributed by atoms with Crippen molar-refractivity contribution in [3.63, 3.8) is 0 Å². The molecule has 0 aliphatic rings. The van der Waals surface area contributed by atoms with Gasteiger partial charge in [0.05, 0.1) is 6.54 Å². The highest BCUT2D eigenvalue weighted by Gasteiger charge is 2.06. The molecule has 0 bridgehead atoms. The van der Waals surface area contributed by atoms with Crippen LogP contribution in [0.15, 0.2) is 17.6 Å². The molecular formula is C16H32N4O. The van der Waals surface area contributed by atoms with Crippen LogP contribution in [-0.2, 0) is 4.79 Å². The average molecular weight is 296 g/mol. The first-order valence-corrected chi connectivity index (χ1v) is 7.83. The fourth-order valence-corrected chi connectivity index (χ4v) is 1.87. The minimum absolute atomic E-state index is 0.113. The van der Waals surface area contributed by atoms with Crippen molar-refractivity contribution in [1.82, 2.24) is 15.1 Å². The van der Waals surface area contributed by atoms with Crippen molar-refractivity contribution in [3.8, 4) is 0 Å². The molecule has 0 radical (unpaired) electrons. The van der Waals surface area contributed by atoms with E-state index in [9.17, 15) is 4.79 Å². The van der Waals surface area contributed by atoms with Gasteiger partial charge in [-0.25, -0.2) is 0 Å². The number of nitrogens with zero attached hydrogens (tertiary/aromatic N) is 3. The Labute approximate surface area is 130 Å². The summed E-state index contributed by atoms with van der Waals surface area (Å²) in [6, 6.07) is 0. The molecule has 0 spiro atoms. The molecule has 0 aromatic heterocycles. The molecule has 1 N–H and O–H groups in total. The lowest BCUT2D eigenvalue weighted by Crippen LogP contribution is -2.39. The predicted octanol–water partition coefficient (Wildman–Crippen LogP) is 2.11. The molecule has 0 aliphatic heterocycles. The van der Waals surface area contributed by atoms with Gasteiger partial charge in [0.1, 0.15) is 0 Å². The first kappa shape index (κ1) is 19.5. The molecule has 0 unspecified atom stereocenters. The molecule has 0 saturated heterocycles. The van der Waals surface area contributed by atoms with Crippen molar-refractivity contribution in [2.24, 2.45) is 4.99 Å². The molecular weight excluding hydrogens is 264 g/mol. The molecule has 0 heterocycles. The van der Waals surface area contributed by atoms with Crippen molar-refractivity contribution in [1.29, 1.82) is 0 Å². The van der Waals surface area contributed by atoms with Crippen molar-refractivity contribution in [3.05, 3.63) is 12.7 Å². The summed E-state index contributed by atoms with van der Waals surface area (Å²) in [5.74, 6) is 0.995. The Bertz CT molecular complexity index is 326. The summed E-state index contributed by atoms with van der Waals surface area (Å²) in [6.07, 6.45) is 7.05. The van der Waals surface area contributed by atoms with E-state index in [0.717, 1.165) is 31.9 Å². The second kappa shape index (κ2) is 12.2.